The molecule has 94 valence electrons. The first-order valence-corrected chi connectivity index (χ1v) is 5.26. The third kappa shape index (κ3) is 2.34. The predicted octanol–water partition coefficient (Wildman–Crippen LogP) is 3.30. The van der Waals surface area contributed by atoms with Crippen molar-refractivity contribution < 1.29 is 13.5 Å². The first-order valence-electron chi connectivity index (χ1n) is 5.26. The van der Waals surface area contributed by atoms with Gasteiger partial charge < -0.3 is 15.8 Å². The highest BCUT2D eigenvalue weighted by atomic mass is 19.1. The van der Waals surface area contributed by atoms with Gasteiger partial charge >= 0.3 is 0 Å². The normalized spacial score (nSPS) is 10.2. The smallest absolute Gasteiger partial charge is 0.151 e. The Bertz CT molecular complexity index is 573. The SMILES string of the molecule is COc1ccccc1Nc1cc(F)cc(F)c1N. The lowest BCUT2D eigenvalue weighted by Crippen LogP contribution is -2.01. The number of nitrogens with one attached hydrogen (secondary N) is 1. The highest BCUT2D eigenvalue weighted by Crippen LogP contribution is 2.31. The average Bonchev–Trinajstić information content (AvgIpc) is 2.36. The van der Waals surface area contributed by atoms with Gasteiger partial charge in [0.25, 0.3) is 0 Å². The zero-order valence-electron chi connectivity index (χ0n) is 9.71. The Hall–Kier alpha value is -2.30. The molecule has 3 nitrogen and oxygen atoms in total. The maximum atomic E-state index is 13.3. The minimum Gasteiger partial charge on any atom is -0.495 e. The summed E-state index contributed by atoms with van der Waals surface area (Å²) in [5.41, 5.74) is 6.15. The van der Waals surface area contributed by atoms with Crippen LogP contribution in [0.4, 0.5) is 25.8 Å². The second kappa shape index (κ2) is 4.91. The Kier molecular flexibility index (Phi) is 3.32. The highest BCUT2D eigenvalue weighted by molar-refractivity contribution is 5.75. The summed E-state index contributed by atoms with van der Waals surface area (Å²) in [6.07, 6.45) is 0. The number of nitrogens with two attached hydrogens (primary N) is 1. The molecule has 0 heterocycles. The van der Waals surface area contributed by atoms with Gasteiger partial charge in [0.1, 0.15) is 11.6 Å². The van der Waals surface area contributed by atoms with Gasteiger partial charge in [0, 0.05) is 6.07 Å². The third-order valence-corrected chi connectivity index (χ3v) is 2.47. The molecule has 18 heavy (non-hydrogen) atoms. The number of anilines is 3. The molecule has 5 heteroatoms. The van der Waals surface area contributed by atoms with Crippen molar-refractivity contribution in [3.05, 3.63) is 48.0 Å². The van der Waals surface area contributed by atoms with E-state index < -0.39 is 11.6 Å². The van der Waals surface area contributed by atoms with Crippen LogP contribution in [0.3, 0.4) is 0 Å². The highest BCUT2D eigenvalue weighted by Gasteiger charge is 2.10. The van der Waals surface area contributed by atoms with Crippen LogP contribution in [0.2, 0.25) is 0 Å². The number of nitrogen functional groups attached to an aromatic ring is 1. The van der Waals surface area contributed by atoms with Crippen LogP contribution in [0, 0.1) is 11.6 Å². The molecule has 2 aromatic rings. The van der Waals surface area contributed by atoms with Crippen molar-refractivity contribution >= 4 is 17.1 Å². The van der Waals surface area contributed by atoms with Crippen LogP contribution in [0.25, 0.3) is 0 Å². The molecule has 0 amide bonds. The zero-order valence-corrected chi connectivity index (χ0v) is 9.71. The van der Waals surface area contributed by atoms with Gasteiger partial charge in [0.15, 0.2) is 5.82 Å². The predicted molar refractivity (Wildman–Crippen MR) is 67.0 cm³/mol. The van der Waals surface area contributed by atoms with E-state index in [0.29, 0.717) is 11.4 Å². The molecule has 2 aromatic carbocycles. The van der Waals surface area contributed by atoms with E-state index in [1.165, 1.54) is 7.11 Å². The average molecular weight is 250 g/mol. The first-order chi connectivity index (χ1) is 8.61. The van der Waals surface area contributed by atoms with E-state index in [9.17, 15) is 8.78 Å². The Balaban J connectivity index is 2.40. The van der Waals surface area contributed by atoms with E-state index in [-0.39, 0.29) is 11.4 Å². The van der Waals surface area contributed by atoms with Gasteiger partial charge in [0.2, 0.25) is 0 Å². The number of ether oxygens (including phenoxy) is 1. The lowest BCUT2D eigenvalue weighted by atomic mass is 10.2. The number of halogens is 2. The summed E-state index contributed by atoms with van der Waals surface area (Å²) in [6, 6.07) is 8.89. The third-order valence-electron chi connectivity index (χ3n) is 2.47. The van der Waals surface area contributed by atoms with Gasteiger partial charge in [-0.2, -0.15) is 0 Å². The maximum Gasteiger partial charge on any atom is 0.151 e. The summed E-state index contributed by atoms with van der Waals surface area (Å²) in [5, 5.41) is 2.84. The first kappa shape index (κ1) is 12.2. The van der Waals surface area contributed by atoms with Gasteiger partial charge in [0.05, 0.1) is 24.2 Å². The topological polar surface area (TPSA) is 47.3 Å². The van der Waals surface area contributed by atoms with Crippen LogP contribution >= 0.6 is 0 Å². The molecule has 2 rings (SSSR count). The van der Waals surface area contributed by atoms with Crippen molar-refractivity contribution in [1.82, 2.24) is 0 Å². The van der Waals surface area contributed by atoms with E-state index in [0.717, 1.165) is 12.1 Å². The van der Waals surface area contributed by atoms with Crippen molar-refractivity contribution in [3.8, 4) is 5.75 Å². The van der Waals surface area contributed by atoms with Gasteiger partial charge in [-0.15, -0.1) is 0 Å². The monoisotopic (exact) mass is 250 g/mol. The van der Waals surface area contributed by atoms with E-state index in [1.807, 2.05) is 0 Å². The second-order valence-corrected chi connectivity index (χ2v) is 3.67. The summed E-state index contributed by atoms with van der Waals surface area (Å²) in [6.45, 7) is 0. The number of hydrogen-bond donors (Lipinski definition) is 2. The molecule has 0 aliphatic heterocycles. The zero-order chi connectivity index (χ0) is 13.1. The Morgan fingerprint density at radius 1 is 1.11 bits per heavy atom. The molecule has 0 unspecified atom stereocenters. The molecule has 0 saturated heterocycles. The Labute approximate surface area is 103 Å². The van der Waals surface area contributed by atoms with Crippen LogP contribution in [0.1, 0.15) is 0 Å². The van der Waals surface area contributed by atoms with Crippen molar-refractivity contribution in [2.45, 2.75) is 0 Å². The summed E-state index contributed by atoms with van der Waals surface area (Å²) >= 11 is 0. The Morgan fingerprint density at radius 2 is 1.83 bits per heavy atom. The molecular formula is C13H12F2N2O. The number of para-hydroxylation sites is 2. The number of methoxy groups -OCH3 is 1. The van der Waals surface area contributed by atoms with Crippen LogP contribution in [-0.2, 0) is 0 Å². The van der Waals surface area contributed by atoms with Crippen molar-refractivity contribution in [1.29, 1.82) is 0 Å². The fraction of sp³-hybridized carbons (Fsp3) is 0.0769. The molecule has 0 fully saturated rings. The summed E-state index contributed by atoms with van der Waals surface area (Å²) < 4.78 is 31.5. The molecular weight excluding hydrogens is 238 g/mol. The standard InChI is InChI=1S/C13H12F2N2O/c1-18-12-5-3-2-4-10(12)17-11-7-8(14)6-9(15)13(11)16/h2-7,17H,16H2,1H3. The van der Waals surface area contributed by atoms with Crippen molar-refractivity contribution in [3.63, 3.8) is 0 Å². The van der Waals surface area contributed by atoms with E-state index in [4.69, 9.17) is 10.5 Å². The van der Waals surface area contributed by atoms with E-state index >= 15 is 0 Å². The van der Waals surface area contributed by atoms with E-state index in [1.54, 1.807) is 24.3 Å². The molecule has 0 aliphatic rings. The molecule has 0 aliphatic carbocycles. The van der Waals surface area contributed by atoms with E-state index in [2.05, 4.69) is 5.32 Å². The number of hydrogen-bond acceptors (Lipinski definition) is 3. The molecule has 0 atom stereocenters. The summed E-state index contributed by atoms with van der Waals surface area (Å²) in [5.74, 6) is -0.937. The van der Waals surface area contributed by atoms with Gasteiger partial charge in [-0.25, -0.2) is 8.78 Å². The molecule has 0 bridgehead atoms. The second-order valence-electron chi connectivity index (χ2n) is 3.67. The summed E-state index contributed by atoms with van der Waals surface area (Å²) in [4.78, 5) is 0. The van der Waals surface area contributed by atoms with Crippen LogP contribution < -0.4 is 15.8 Å². The number of rotatable bonds is 3. The fourth-order valence-electron chi connectivity index (χ4n) is 1.58. The minimum absolute atomic E-state index is 0.137. The maximum absolute atomic E-state index is 13.3. The molecule has 3 N–H and O–H groups in total. The molecule has 0 saturated carbocycles. The van der Waals surface area contributed by atoms with Crippen molar-refractivity contribution in [2.75, 3.05) is 18.2 Å². The van der Waals surface area contributed by atoms with Gasteiger partial charge in [-0.3, -0.25) is 0 Å². The molecule has 0 radical (unpaired) electrons. The summed E-state index contributed by atoms with van der Waals surface area (Å²) in [7, 11) is 1.51. The lowest BCUT2D eigenvalue weighted by Gasteiger charge is -2.13. The van der Waals surface area contributed by atoms with Crippen LogP contribution in [0.15, 0.2) is 36.4 Å². The largest absolute Gasteiger partial charge is 0.495 e. The number of benzene rings is 2. The van der Waals surface area contributed by atoms with Crippen LogP contribution in [-0.4, -0.2) is 7.11 Å². The minimum atomic E-state index is -0.799. The van der Waals surface area contributed by atoms with Gasteiger partial charge in [-0.1, -0.05) is 12.1 Å². The Morgan fingerprint density at radius 3 is 2.56 bits per heavy atom. The van der Waals surface area contributed by atoms with Crippen molar-refractivity contribution in [2.24, 2.45) is 0 Å². The van der Waals surface area contributed by atoms with Gasteiger partial charge in [-0.05, 0) is 18.2 Å². The van der Waals surface area contributed by atoms with Crippen LogP contribution in [0.5, 0.6) is 5.75 Å². The quantitative estimate of drug-likeness (QED) is 0.822. The molecule has 0 aromatic heterocycles. The fourth-order valence-corrected chi connectivity index (χ4v) is 1.58. The molecule has 0 spiro atoms. The lowest BCUT2D eigenvalue weighted by molar-refractivity contribution is 0.417.